The molecule has 1 aliphatic heterocycles. The van der Waals surface area contributed by atoms with E-state index in [0.717, 1.165) is 28.9 Å². The number of imide groups is 1. The highest BCUT2D eigenvalue weighted by Crippen LogP contribution is 2.46. The summed E-state index contributed by atoms with van der Waals surface area (Å²) in [6.07, 6.45) is 6.51. The molecule has 1 aromatic heterocycles. The van der Waals surface area contributed by atoms with Gasteiger partial charge in [0, 0.05) is 18.1 Å². The van der Waals surface area contributed by atoms with Crippen molar-refractivity contribution in [2.45, 2.75) is 52.0 Å². The van der Waals surface area contributed by atoms with E-state index >= 15 is 0 Å². The van der Waals surface area contributed by atoms with Gasteiger partial charge < -0.3 is 10.6 Å². The minimum atomic E-state index is -0.896. The first-order valence-corrected chi connectivity index (χ1v) is 11.1. The zero-order chi connectivity index (χ0) is 22.9. The van der Waals surface area contributed by atoms with Crippen molar-refractivity contribution in [2.75, 3.05) is 11.9 Å². The molecule has 7 nitrogen and oxygen atoms in total. The standard InChI is InChI=1S/C25H30N4O3/c1-17-13-24(2,3)16-25(14-17)22(31)29(23(32)28-25)15-21(30)27-20-6-4-18(5-7-20)12-19-8-10-26-11-9-19/h4-11,17H,12-16H2,1-3H3,(H,27,30)(H,28,32). The Labute approximate surface area is 188 Å². The second-order valence-electron chi connectivity index (χ2n) is 10.0. The summed E-state index contributed by atoms with van der Waals surface area (Å²) in [5.41, 5.74) is 1.95. The Kier molecular flexibility index (Phi) is 5.75. The molecular weight excluding hydrogens is 404 g/mol. The van der Waals surface area contributed by atoms with Crippen LogP contribution in [-0.4, -0.2) is 39.8 Å². The van der Waals surface area contributed by atoms with Gasteiger partial charge in [0.1, 0.15) is 12.1 Å². The lowest BCUT2D eigenvalue weighted by atomic mass is 9.64. The van der Waals surface area contributed by atoms with Crippen LogP contribution in [-0.2, 0) is 16.0 Å². The molecule has 1 aromatic carbocycles. The molecule has 1 aliphatic carbocycles. The Morgan fingerprint density at radius 2 is 1.75 bits per heavy atom. The molecule has 2 atom stereocenters. The molecule has 2 unspecified atom stereocenters. The number of urea groups is 1. The number of benzene rings is 1. The molecule has 0 radical (unpaired) electrons. The van der Waals surface area contributed by atoms with Crippen LogP contribution in [0.4, 0.5) is 10.5 Å². The van der Waals surface area contributed by atoms with Gasteiger partial charge in [-0.25, -0.2) is 4.79 Å². The highest BCUT2D eigenvalue weighted by atomic mass is 16.2. The number of hydrogen-bond donors (Lipinski definition) is 2. The molecule has 2 aliphatic rings. The zero-order valence-corrected chi connectivity index (χ0v) is 18.9. The third-order valence-electron chi connectivity index (χ3n) is 6.32. The van der Waals surface area contributed by atoms with Gasteiger partial charge in [0.05, 0.1) is 0 Å². The van der Waals surface area contributed by atoms with Crippen LogP contribution in [0.25, 0.3) is 0 Å². The first kappa shape index (κ1) is 22.0. The summed E-state index contributed by atoms with van der Waals surface area (Å²) in [4.78, 5) is 43.5. The van der Waals surface area contributed by atoms with Crippen molar-refractivity contribution < 1.29 is 14.4 Å². The molecule has 7 heteroatoms. The summed E-state index contributed by atoms with van der Waals surface area (Å²) >= 11 is 0. The van der Waals surface area contributed by atoms with Gasteiger partial charge in [-0.15, -0.1) is 0 Å². The van der Waals surface area contributed by atoms with E-state index in [-0.39, 0.29) is 17.9 Å². The summed E-state index contributed by atoms with van der Waals surface area (Å²) < 4.78 is 0. The molecule has 1 spiro atoms. The fourth-order valence-electron chi connectivity index (χ4n) is 5.44. The lowest BCUT2D eigenvalue weighted by Crippen LogP contribution is -2.54. The second kappa shape index (κ2) is 8.37. The number of hydrogen-bond acceptors (Lipinski definition) is 4. The number of amides is 4. The highest BCUT2D eigenvalue weighted by Gasteiger charge is 2.56. The lowest BCUT2D eigenvalue weighted by Gasteiger charge is -2.43. The number of anilines is 1. The van der Waals surface area contributed by atoms with Gasteiger partial charge in [0.15, 0.2) is 0 Å². The molecule has 2 aromatic rings. The maximum absolute atomic E-state index is 13.2. The Bertz CT molecular complexity index is 1020. The van der Waals surface area contributed by atoms with Crippen LogP contribution in [0.2, 0.25) is 0 Å². The predicted octanol–water partition coefficient (Wildman–Crippen LogP) is 3.75. The summed E-state index contributed by atoms with van der Waals surface area (Å²) in [6.45, 7) is 6.06. The number of aromatic nitrogens is 1. The maximum atomic E-state index is 13.2. The van der Waals surface area contributed by atoms with E-state index in [9.17, 15) is 14.4 Å². The third-order valence-corrected chi connectivity index (χ3v) is 6.32. The number of carbonyl (C=O) groups is 3. The van der Waals surface area contributed by atoms with Crippen molar-refractivity contribution in [1.82, 2.24) is 15.2 Å². The molecule has 32 heavy (non-hydrogen) atoms. The van der Waals surface area contributed by atoms with Crippen molar-refractivity contribution >= 4 is 23.5 Å². The van der Waals surface area contributed by atoms with E-state index in [2.05, 4.69) is 36.4 Å². The molecule has 1 saturated heterocycles. The number of rotatable bonds is 5. The quantitative estimate of drug-likeness (QED) is 0.701. The van der Waals surface area contributed by atoms with Gasteiger partial charge in [-0.3, -0.25) is 19.5 Å². The molecule has 2 fully saturated rings. The van der Waals surface area contributed by atoms with E-state index in [4.69, 9.17) is 0 Å². The van der Waals surface area contributed by atoms with Crippen molar-refractivity contribution in [1.29, 1.82) is 0 Å². The van der Waals surface area contributed by atoms with Crippen LogP contribution in [0, 0.1) is 11.3 Å². The summed E-state index contributed by atoms with van der Waals surface area (Å²) in [5, 5.41) is 5.70. The first-order valence-electron chi connectivity index (χ1n) is 11.1. The molecule has 2 heterocycles. The monoisotopic (exact) mass is 434 g/mol. The SMILES string of the molecule is CC1CC(C)(C)CC2(C1)NC(=O)N(CC(=O)Nc1ccc(Cc3ccncc3)cc1)C2=O. The smallest absolute Gasteiger partial charge is 0.325 e. The van der Waals surface area contributed by atoms with Gasteiger partial charge in [0.25, 0.3) is 5.91 Å². The lowest BCUT2D eigenvalue weighted by molar-refractivity contribution is -0.136. The van der Waals surface area contributed by atoms with Crippen LogP contribution in [0.3, 0.4) is 0 Å². The Balaban J connectivity index is 1.38. The summed E-state index contributed by atoms with van der Waals surface area (Å²) in [7, 11) is 0. The maximum Gasteiger partial charge on any atom is 0.325 e. The van der Waals surface area contributed by atoms with Gasteiger partial charge in [-0.1, -0.05) is 32.9 Å². The summed E-state index contributed by atoms with van der Waals surface area (Å²) in [5.74, 6) is -0.358. The van der Waals surface area contributed by atoms with E-state index < -0.39 is 17.5 Å². The average molecular weight is 435 g/mol. The molecular formula is C25H30N4O3. The first-order chi connectivity index (χ1) is 15.2. The molecule has 4 rings (SSSR count). The van der Waals surface area contributed by atoms with Crippen LogP contribution < -0.4 is 10.6 Å². The molecule has 2 N–H and O–H groups in total. The Morgan fingerprint density at radius 3 is 2.41 bits per heavy atom. The molecule has 0 bridgehead atoms. The Hall–Kier alpha value is -3.22. The van der Waals surface area contributed by atoms with Crippen molar-refractivity contribution in [2.24, 2.45) is 11.3 Å². The van der Waals surface area contributed by atoms with Crippen LogP contribution >= 0.6 is 0 Å². The van der Waals surface area contributed by atoms with E-state index in [1.54, 1.807) is 12.4 Å². The fourth-order valence-corrected chi connectivity index (χ4v) is 5.44. The fraction of sp³-hybridized carbons (Fsp3) is 0.440. The molecule has 168 valence electrons. The van der Waals surface area contributed by atoms with E-state index in [1.165, 1.54) is 0 Å². The minimum Gasteiger partial charge on any atom is -0.325 e. The normalized spacial score (nSPS) is 24.5. The minimum absolute atomic E-state index is 0.0448. The predicted molar refractivity (Wildman–Crippen MR) is 122 cm³/mol. The van der Waals surface area contributed by atoms with Gasteiger partial charge in [0.2, 0.25) is 5.91 Å². The molecule has 4 amide bonds. The number of nitrogens with one attached hydrogen (secondary N) is 2. The Morgan fingerprint density at radius 1 is 1.09 bits per heavy atom. The number of pyridine rings is 1. The topological polar surface area (TPSA) is 91.4 Å². The molecule has 1 saturated carbocycles. The second-order valence-corrected chi connectivity index (χ2v) is 10.0. The van der Waals surface area contributed by atoms with Crippen molar-refractivity contribution in [3.05, 3.63) is 59.9 Å². The third kappa shape index (κ3) is 4.66. The van der Waals surface area contributed by atoms with Crippen molar-refractivity contribution in [3.63, 3.8) is 0 Å². The number of carbonyl (C=O) groups excluding carboxylic acids is 3. The van der Waals surface area contributed by atoms with E-state index in [1.807, 2.05) is 36.4 Å². The van der Waals surface area contributed by atoms with Crippen molar-refractivity contribution in [3.8, 4) is 0 Å². The number of nitrogens with zero attached hydrogens (tertiary/aromatic N) is 2. The van der Waals surface area contributed by atoms with Crippen LogP contribution in [0.5, 0.6) is 0 Å². The van der Waals surface area contributed by atoms with Gasteiger partial charge in [-0.2, -0.15) is 0 Å². The zero-order valence-electron chi connectivity index (χ0n) is 18.9. The summed E-state index contributed by atoms with van der Waals surface area (Å²) in [6, 6.07) is 11.0. The van der Waals surface area contributed by atoms with Gasteiger partial charge >= 0.3 is 6.03 Å². The largest absolute Gasteiger partial charge is 0.325 e. The van der Waals surface area contributed by atoms with Gasteiger partial charge in [-0.05, 0) is 72.4 Å². The van der Waals surface area contributed by atoms with Crippen LogP contribution in [0.15, 0.2) is 48.8 Å². The van der Waals surface area contributed by atoms with Crippen LogP contribution in [0.1, 0.15) is 51.2 Å². The average Bonchev–Trinajstić information content (AvgIpc) is 2.92. The highest BCUT2D eigenvalue weighted by molar-refractivity contribution is 6.10. The van der Waals surface area contributed by atoms with E-state index in [0.29, 0.717) is 24.4 Å².